The maximum absolute atomic E-state index is 4.83. The Hall–Kier alpha value is -5.94. The highest BCUT2D eigenvalue weighted by molar-refractivity contribution is 6.19. The molecule has 0 saturated carbocycles. The summed E-state index contributed by atoms with van der Waals surface area (Å²) in [5, 5.41) is 12.6. The van der Waals surface area contributed by atoms with Gasteiger partial charge in [0.05, 0.1) is 22.1 Å². The molecule has 202 valence electrons. The smallest absolute Gasteiger partial charge is 0.181 e. The van der Waals surface area contributed by atoms with Gasteiger partial charge in [-0.05, 0) is 48.5 Å². The SMILES string of the molecule is c1ccc(-c2n[nH]c(-c3cccc(-n4c5ccccc5c5cc6c7ccccc7n(-c7ccccc7)c6cc54)c3)n2)cc1. The van der Waals surface area contributed by atoms with E-state index in [0.717, 1.165) is 33.8 Å². The van der Waals surface area contributed by atoms with E-state index in [1.165, 1.54) is 38.1 Å². The third-order valence-corrected chi connectivity index (χ3v) is 8.38. The molecule has 0 bridgehead atoms. The number of aromatic nitrogens is 5. The molecule has 43 heavy (non-hydrogen) atoms. The molecule has 6 aromatic carbocycles. The van der Waals surface area contributed by atoms with Gasteiger partial charge in [0, 0.05) is 44.0 Å². The first-order valence-electron chi connectivity index (χ1n) is 14.4. The summed E-state index contributed by atoms with van der Waals surface area (Å²) in [7, 11) is 0. The Bertz CT molecular complexity index is 2450. The van der Waals surface area contributed by atoms with Crippen molar-refractivity contribution >= 4 is 43.6 Å². The van der Waals surface area contributed by atoms with Crippen molar-refractivity contribution in [3.63, 3.8) is 0 Å². The highest BCUT2D eigenvalue weighted by Crippen LogP contribution is 2.39. The third-order valence-electron chi connectivity index (χ3n) is 8.38. The summed E-state index contributed by atoms with van der Waals surface area (Å²) in [6, 6.07) is 51.3. The summed E-state index contributed by atoms with van der Waals surface area (Å²) >= 11 is 0. The summed E-state index contributed by atoms with van der Waals surface area (Å²) in [5.74, 6) is 1.43. The third kappa shape index (κ3) is 3.65. The highest BCUT2D eigenvalue weighted by atomic mass is 15.2. The Morgan fingerprint density at radius 1 is 0.419 bits per heavy atom. The van der Waals surface area contributed by atoms with E-state index in [-0.39, 0.29) is 0 Å². The van der Waals surface area contributed by atoms with Crippen LogP contribution in [0.3, 0.4) is 0 Å². The largest absolute Gasteiger partial charge is 0.309 e. The molecule has 0 aliphatic heterocycles. The molecular weight excluding hydrogens is 526 g/mol. The number of para-hydroxylation sites is 3. The maximum atomic E-state index is 4.83. The van der Waals surface area contributed by atoms with Crippen LogP contribution in [0.2, 0.25) is 0 Å². The van der Waals surface area contributed by atoms with Gasteiger partial charge in [-0.15, -0.1) is 0 Å². The van der Waals surface area contributed by atoms with Crippen molar-refractivity contribution < 1.29 is 0 Å². The van der Waals surface area contributed by atoms with Gasteiger partial charge in [-0.2, -0.15) is 5.10 Å². The van der Waals surface area contributed by atoms with Crippen molar-refractivity contribution in [2.24, 2.45) is 0 Å². The molecule has 9 aromatic rings. The summed E-state index contributed by atoms with van der Waals surface area (Å²) in [5.41, 5.74) is 8.91. The lowest BCUT2D eigenvalue weighted by atomic mass is 10.1. The Kier molecular flexibility index (Phi) is 5.13. The maximum Gasteiger partial charge on any atom is 0.181 e. The molecule has 0 aliphatic carbocycles. The van der Waals surface area contributed by atoms with E-state index in [2.05, 4.69) is 135 Å². The second-order valence-corrected chi connectivity index (χ2v) is 10.9. The second-order valence-electron chi connectivity index (χ2n) is 10.9. The van der Waals surface area contributed by atoms with E-state index in [0.29, 0.717) is 5.82 Å². The van der Waals surface area contributed by atoms with Crippen molar-refractivity contribution in [3.05, 3.63) is 146 Å². The molecule has 0 radical (unpaired) electrons. The number of fused-ring (bicyclic) bond motifs is 6. The Morgan fingerprint density at radius 2 is 0.977 bits per heavy atom. The first-order valence-corrected chi connectivity index (χ1v) is 14.4. The fourth-order valence-electron chi connectivity index (χ4n) is 6.46. The van der Waals surface area contributed by atoms with Gasteiger partial charge in [-0.1, -0.05) is 97.1 Å². The molecule has 0 spiro atoms. The predicted molar refractivity (Wildman–Crippen MR) is 176 cm³/mol. The van der Waals surface area contributed by atoms with Gasteiger partial charge in [-0.25, -0.2) is 4.98 Å². The number of benzene rings is 6. The molecule has 0 saturated heterocycles. The summed E-state index contributed by atoms with van der Waals surface area (Å²) < 4.78 is 4.75. The zero-order chi connectivity index (χ0) is 28.3. The lowest BCUT2D eigenvalue weighted by Gasteiger charge is -2.11. The fraction of sp³-hybridized carbons (Fsp3) is 0. The van der Waals surface area contributed by atoms with Crippen LogP contribution in [0.15, 0.2) is 146 Å². The number of rotatable bonds is 4. The van der Waals surface area contributed by atoms with Crippen LogP contribution in [0.1, 0.15) is 0 Å². The number of aromatic amines is 1. The summed E-state index contributed by atoms with van der Waals surface area (Å²) in [6.45, 7) is 0. The van der Waals surface area contributed by atoms with Gasteiger partial charge in [0.25, 0.3) is 0 Å². The highest BCUT2D eigenvalue weighted by Gasteiger charge is 2.18. The van der Waals surface area contributed by atoms with Gasteiger partial charge >= 0.3 is 0 Å². The average molecular weight is 552 g/mol. The van der Waals surface area contributed by atoms with Crippen molar-refractivity contribution in [3.8, 4) is 34.2 Å². The van der Waals surface area contributed by atoms with Crippen LogP contribution in [0.4, 0.5) is 0 Å². The number of hydrogen-bond acceptors (Lipinski definition) is 2. The Labute approximate surface area is 247 Å². The quantitative estimate of drug-likeness (QED) is 0.237. The van der Waals surface area contributed by atoms with Gasteiger partial charge < -0.3 is 9.13 Å². The molecule has 3 heterocycles. The topological polar surface area (TPSA) is 51.4 Å². The molecule has 0 fully saturated rings. The van der Waals surface area contributed by atoms with Crippen molar-refractivity contribution in [2.45, 2.75) is 0 Å². The second kappa shape index (κ2) is 9.29. The first-order chi connectivity index (χ1) is 21.3. The lowest BCUT2D eigenvalue weighted by molar-refractivity contribution is 1.10. The number of H-pyrrole nitrogens is 1. The van der Waals surface area contributed by atoms with Crippen LogP contribution in [-0.2, 0) is 0 Å². The average Bonchev–Trinajstić information content (AvgIpc) is 3.78. The van der Waals surface area contributed by atoms with Gasteiger partial charge in [0.1, 0.15) is 0 Å². The predicted octanol–water partition coefficient (Wildman–Crippen LogP) is 9.33. The Morgan fingerprint density at radius 3 is 1.67 bits per heavy atom. The monoisotopic (exact) mass is 551 g/mol. The zero-order valence-corrected chi connectivity index (χ0v) is 23.1. The molecular formula is C38H25N5. The molecule has 0 aliphatic rings. The van der Waals surface area contributed by atoms with Crippen LogP contribution in [-0.4, -0.2) is 24.3 Å². The summed E-state index contributed by atoms with van der Waals surface area (Å²) in [6.07, 6.45) is 0. The molecule has 9 rings (SSSR count). The molecule has 0 amide bonds. The van der Waals surface area contributed by atoms with Gasteiger partial charge in [-0.3, -0.25) is 5.10 Å². The molecule has 0 unspecified atom stereocenters. The molecule has 0 atom stereocenters. The number of hydrogen-bond donors (Lipinski definition) is 1. The van der Waals surface area contributed by atoms with E-state index in [4.69, 9.17) is 4.98 Å². The first kappa shape index (κ1) is 23.7. The minimum absolute atomic E-state index is 0.689. The van der Waals surface area contributed by atoms with Gasteiger partial charge in [0.15, 0.2) is 11.6 Å². The van der Waals surface area contributed by atoms with Crippen LogP contribution in [0.5, 0.6) is 0 Å². The summed E-state index contributed by atoms with van der Waals surface area (Å²) in [4.78, 5) is 4.83. The van der Waals surface area contributed by atoms with E-state index in [1.807, 2.05) is 30.3 Å². The number of nitrogens with zero attached hydrogens (tertiary/aromatic N) is 4. The number of nitrogens with one attached hydrogen (secondary N) is 1. The van der Waals surface area contributed by atoms with Crippen LogP contribution in [0, 0.1) is 0 Å². The van der Waals surface area contributed by atoms with Crippen molar-refractivity contribution in [2.75, 3.05) is 0 Å². The molecule has 5 heteroatoms. The fourth-order valence-corrected chi connectivity index (χ4v) is 6.46. The lowest BCUT2D eigenvalue weighted by Crippen LogP contribution is -1.96. The molecule has 5 nitrogen and oxygen atoms in total. The minimum atomic E-state index is 0.689. The van der Waals surface area contributed by atoms with Crippen LogP contribution in [0.25, 0.3) is 77.8 Å². The molecule has 1 N–H and O–H groups in total. The van der Waals surface area contributed by atoms with E-state index in [9.17, 15) is 0 Å². The van der Waals surface area contributed by atoms with E-state index >= 15 is 0 Å². The van der Waals surface area contributed by atoms with E-state index in [1.54, 1.807) is 0 Å². The van der Waals surface area contributed by atoms with Crippen molar-refractivity contribution in [1.29, 1.82) is 0 Å². The standard InChI is InChI=1S/C38H25N5/c1-3-12-25(13-4-1)37-39-38(41-40-37)26-14-11-17-28(22-26)43-34-21-10-8-19-30(34)32-23-31-29-18-7-9-20-33(29)42(35(31)24-36(32)43)27-15-5-2-6-16-27/h1-24H,(H,39,40,41). The zero-order valence-electron chi connectivity index (χ0n) is 23.1. The van der Waals surface area contributed by atoms with Crippen LogP contribution < -0.4 is 0 Å². The van der Waals surface area contributed by atoms with Crippen LogP contribution >= 0.6 is 0 Å². The normalized spacial score (nSPS) is 11.7. The van der Waals surface area contributed by atoms with Crippen molar-refractivity contribution in [1.82, 2.24) is 24.3 Å². The van der Waals surface area contributed by atoms with E-state index < -0.39 is 0 Å². The Balaban J connectivity index is 1.30. The minimum Gasteiger partial charge on any atom is -0.309 e. The van der Waals surface area contributed by atoms with Gasteiger partial charge in [0.2, 0.25) is 0 Å². The molecule has 3 aromatic heterocycles.